The van der Waals surface area contributed by atoms with E-state index in [0.29, 0.717) is 44.3 Å². The smallest absolute Gasteiger partial charge is 0.322 e. The first-order valence-electron chi connectivity index (χ1n) is 10.4. The van der Waals surface area contributed by atoms with Crippen LogP contribution in [0.3, 0.4) is 0 Å². The molecule has 0 aliphatic carbocycles. The number of benzene rings is 3. The number of amides is 2. The number of para-hydroxylation sites is 2. The third-order valence-electron chi connectivity index (χ3n) is 5.17. The van der Waals surface area contributed by atoms with Crippen LogP contribution in [0.5, 0.6) is 11.5 Å². The minimum Gasteiger partial charge on any atom is -0.495 e. The number of hydrogen-bond acceptors (Lipinski definition) is 4. The van der Waals surface area contributed by atoms with Crippen LogP contribution in [0.1, 0.15) is 16.7 Å². The summed E-state index contributed by atoms with van der Waals surface area (Å²) in [5.41, 5.74) is 3.26. The van der Waals surface area contributed by atoms with Gasteiger partial charge in [0.15, 0.2) is 0 Å². The van der Waals surface area contributed by atoms with E-state index in [0.717, 1.165) is 22.4 Å². The molecule has 7 heteroatoms. The van der Waals surface area contributed by atoms with Crippen molar-refractivity contribution in [3.63, 3.8) is 0 Å². The largest absolute Gasteiger partial charge is 0.495 e. The molecule has 0 bridgehead atoms. The molecular weight excluding hydrogens is 411 g/mol. The van der Waals surface area contributed by atoms with Crippen LogP contribution in [-0.4, -0.2) is 31.2 Å². The molecule has 1 aliphatic heterocycles. The van der Waals surface area contributed by atoms with E-state index >= 15 is 0 Å². The molecule has 6 nitrogen and oxygen atoms in total. The Labute approximate surface area is 186 Å². The zero-order valence-electron chi connectivity index (χ0n) is 17.8. The summed E-state index contributed by atoms with van der Waals surface area (Å²) in [5, 5.41) is 2.91. The third-order valence-corrected chi connectivity index (χ3v) is 5.17. The minimum absolute atomic E-state index is 0.223. The lowest BCUT2D eigenvalue weighted by atomic mass is 10.1. The molecule has 3 aromatic rings. The maximum Gasteiger partial charge on any atom is 0.322 e. The molecule has 0 atom stereocenters. The molecule has 4 rings (SSSR count). The summed E-state index contributed by atoms with van der Waals surface area (Å²) in [6.07, 6.45) is 0. The Bertz CT molecular complexity index is 1090. The Morgan fingerprint density at radius 3 is 2.69 bits per heavy atom. The Kier molecular flexibility index (Phi) is 6.87. The van der Waals surface area contributed by atoms with Gasteiger partial charge in [0.25, 0.3) is 0 Å². The second-order valence-corrected chi connectivity index (χ2v) is 7.47. The van der Waals surface area contributed by atoms with Crippen molar-refractivity contribution in [2.45, 2.75) is 19.8 Å². The number of ether oxygens (including phenoxy) is 3. The number of hydrogen-bond donors (Lipinski definition) is 1. The standard InChI is InChI=1S/C25H25FN2O4/c1-30-24-8-3-2-7-22(24)27-25(29)28-11-12-32-23-10-9-19(13-20(23)15-28)17-31-16-18-5-4-6-21(26)14-18/h2-10,13-14H,11-12,15-17H2,1H3,(H,27,29). The SMILES string of the molecule is COc1ccccc1NC(=O)N1CCOc2ccc(COCc3cccc(F)c3)cc2C1. The summed E-state index contributed by atoms with van der Waals surface area (Å²) < 4.78 is 30.2. The van der Waals surface area contributed by atoms with Crippen molar-refractivity contribution in [1.29, 1.82) is 0 Å². The van der Waals surface area contributed by atoms with Crippen LogP contribution in [0.15, 0.2) is 66.7 Å². The zero-order chi connectivity index (χ0) is 22.3. The maximum atomic E-state index is 13.3. The minimum atomic E-state index is -0.278. The van der Waals surface area contributed by atoms with E-state index in [1.807, 2.05) is 36.4 Å². The van der Waals surface area contributed by atoms with E-state index in [2.05, 4.69) is 5.32 Å². The van der Waals surface area contributed by atoms with E-state index in [-0.39, 0.29) is 11.8 Å². The van der Waals surface area contributed by atoms with Gasteiger partial charge < -0.3 is 24.4 Å². The van der Waals surface area contributed by atoms with Gasteiger partial charge in [0, 0.05) is 5.56 Å². The molecule has 1 aliphatic rings. The second-order valence-electron chi connectivity index (χ2n) is 7.47. The van der Waals surface area contributed by atoms with E-state index in [1.165, 1.54) is 12.1 Å². The van der Waals surface area contributed by atoms with E-state index in [1.54, 1.807) is 30.2 Å². The van der Waals surface area contributed by atoms with Crippen LogP contribution in [0.25, 0.3) is 0 Å². The number of nitrogens with one attached hydrogen (secondary N) is 1. The highest BCUT2D eigenvalue weighted by Crippen LogP contribution is 2.27. The first-order valence-corrected chi connectivity index (χ1v) is 10.4. The number of urea groups is 1. The highest BCUT2D eigenvalue weighted by molar-refractivity contribution is 5.91. The zero-order valence-corrected chi connectivity index (χ0v) is 17.8. The predicted molar refractivity (Wildman–Crippen MR) is 119 cm³/mol. The summed E-state index contributed by atoms with van der Waals surface area (Å²) >= 11 is 0. The Morgan fingerprint density at radius 1 is 1.06 bits per heavy atom. The summed E-state index contributed by atoms with van der Waals surface area (Å²) in [6, 6.07) is 19.2. The number of fused-ring (bicyclic) bond motifs is 1. The van der Waals surface area contributed by atoms with E-state index in [9.17, 15) is 9.18 Å². The van der Waals surface area contributed by atoms with Gasteiger partial charge in [0.05, 0.1) is 39.1 Å². The molecule has 0 radical (unpaired) electrons. The van der Waals surface area contributed by atoms with Crippen molar-refractivity contribution in [2.24, 2.45) is 0 Å². The fourth-order valence-corrected chi connectivity index (χ4v) is 3.57. The third kappa shape index (κ3) is 5.36. The molecule has 0 saturated carbocycles. The van der Waals surface area contributed by atoms with Crippen LogP contribution in [0.2, 0.25) is 0 Å². The number of carbonyl (C=O) groups is 1. The van der Waals surface area contributed by atoms with Crippen molar-refractivity contribution in [3.8, 4) is 11.5 Å². The molecule has 0 spiro atoms. The average molecular weight is 436 g/mol. The number of halogens is 1. The lowest BCUT2D eigenvalue weighted by molar-refractivity contribution is 0.107. The average Bonchev–Trinajstić information content (AvgIpc) is 3.02. The van der Waals surface area contributed by atoms with Crippen LogP contribution in [0.4, 0.5) is 14.9 Å². The molecule has 0 saturated heterocycles. The topological polar surface area (TPSA) is 60.0 Å². The molecule has 2 amide bonds. The van der Waals surface area contributed by atoms with Gasteiger partial charge in [-0.05, 0) is 47.5 Å². The maximum absolute atomic E-state index is 13.3. The quantitative estimate of drug-likeness (QED) is 0.592. The molecule has 166 valence electrons. The number of anilines is 1. The first kappa shape index (κ1) is 21.6. The van der Waals surface area contributed by atoms with Gasteiger partial charge in [-0.1, -0.05) is 30.3 Å². The van der Waals surface area contributed by atoms with Crippen LogP contribution in [-0.2, 0) is 24.5 Å². The first-order chi connectivity index (χ1) is 15.6. The lowest BCUT2D eigenvalue weighted by Crippen LogP contribution is -2.36. The van der Waals surface area contributed by atoms with Crippen molar-refractivity contribution in [2.75, 3.05) is 25.6 Å². The lowest BCUT2D eigenvalue weighted by Gasteiger charge is -2.21. The van der Waals surface area contributed by atoms with Gasteiger partial charge in [0.2, 0.25) is 0 Å². The van der Waals surface area contributed by atoms with E-state index in [4.69, 9.17) is 14.2 Å². The fraction of sp³-hybridized carbons (Fsp3) is 0.240. The highest BCUT2D eigenvalue weighted by atomic mass is 19.1. The van der Waals surface area contributed by atoms with Crippen molar-refractivity contribution in [1.82, 2.24) is 4.90 Å². The Balaban J connectivity index is 1.40. The van der Waals surface area contributed by atoms with Crippen LogP contribution >= 0.6 is 0 Å². The predicted octanol–water partition coefficient (Wildman–Crippen LogP) is 4.98. The van der Waals surface area contributed by atoms with E-state index < -0.39 is 0 Å². The molecule has 0 fully saturated rings. The molecule has 0 aromatic heterocycles. The molecule has 1 heterocycles. The molecular formula is C25H25FN2O4. The van der Waals surface area contributed by atoms with Crippen LogP contribution in [0, 0.1) is 5.82 Å². The number of nitrogens with zero attached hydrogens (tertiary/aromatic N) is 1. The summed E-state index contributed by atoms with van der Waals surface area (Å²) in [7, 11) is 1.57. The van der Waals surface area contributed by atoms with Crippen molar-refractivity contribution in [3.05, 3.63) is 89.2 Å². The van der Waals surface area contributed by atoms with Gasteiger partial charge >= 0.3 is 6.03 Å². The number of carbonyl (C=O) groups excluding carboxylic acids is 1. The summed E-state index contributed by atoms with van der Waals surface area (Å²) in [5.74, 6) is 1.08. The normalized spacial score (nSPS) is 13.0. The molecule has 3 aromatic carbocycles. The summed E-state index contributed by atoms with van der Waals surface area (Å²) in [4.78, 5) is 14.6. The fourth-order valence-electron chi connectivity index (χ4n) is 3.57. The Hall–Kier alpha value is -3.58. The van der Waals surface area contributed by atoms with Crippen molar-refractivity contribution >= 4 is 11.7 Å². The highest BCUT2D eigenvalue weighted by Gasteiger charge is 2.21. The number of methoxy groups -OCH3 is 1. The molecule has 1 N–H and O–H groups in total. The van der Waals surface area contributed by atoms with Gasteiger partial charge in [-0.25, -0.2) is 9.18 Å². The van der Waals surface area contributed by atoms with Gasteiger partial charge in [-0.15, -0.1) is 0 Å². The number of rotatable bonds is 6. The molecule has 32 heavy (non-hydrogen) atoms. The summed E-state index contributed by atoms with van der Waals surface area (Å²) in [6.45, 7) is 1.97. The monoisotopic (exact) mass is 436 g/mol. The van der Waals surface area contributed by atoms with Gasteiger partial charge in [-0.3, -0.25) is 0 Å². The Morgan fingerprint density at radius 2 is 1.88 bits per heavy atom. The van der Waals surface area contributed by atoms with Gasteiger partial charge in [-0.2, -0.15) is 0 Å². The second kappa shape index (κ2) is 10.2. The van der Waals surface area contributed by atoms with Crippen molar-refractivity contribution < 1.29 is 23.4 Å². The molecule has 0 unspecified atom stereocenters. The van der Waals surface area contributed by atoms with Crippen LogP contribution < -0.4 is 14.8 Å². The van der Waals surface area contributed by atoms with Gasteiger partial charge in [0.1, 0.15) is 23.9 Å².